The molecule has 0 spiro atoms. The minimum atomic E-state index is -0.0450. The summed E-state index contributed by atoms with van der Waals surface area (Å²) in [6.07, 6.45) is 0.110. The molecule has 2 atom stereocenters. The lowest BCUT2D eigenvalue weighted by atomic mass is 10.1. The number of nitrogens with zero attached hydrogens (tertiary/aromatic N) is 2. The van der Waals surface area contributed by atoms with Crippen LogP contribution in [0.2, 0.25) is 0 Å². The number of rotatable bonds is 1. The molecule has 1 N–H and O–H groups in total. The predicted octanol–water partition coefficient (Wildman–Crippen LogP) is 2.57. The number of carbonyl (C=O) groups excluding carboxylic acids is 1. The van der Waals surface area contributed by atoms with Crippen LogP contribution in [0.4, 0.5) is 0 Å². The van der Waals surface area contributed by atoms with Gasteiger partial charge in [0.15, 0.2) is 5.69 Å². The highest BCUT2D eigenvalue weighted by molar-refractivity contribution is 9.10. The summed E-state index contributed by atoms with van der Waals surface area (Å²) >= 11 is 3.43. The molecule has 1 amide bonds. The van der Waals surface area contributed by atoms with Crippen LogP contribution in [0.5, 0.6) is 0 Å². The fourth-order valence-corrected chi connectivity index (χ4v) is 3.00. The van der Waals surface area contributed by atoms with Gasteiger partial charge in [0.2, 0.25) is 0 Å². The summed E-state index contributed by atoms with van der Waals surface area (Å²) in [6.45, 7) is 5.17. The number of ether oxygens (including phenoxy) is 1. The maximum atomic E-state index is 12.6. The fourth-order valence-electron chi connectivity index (χ4n) is 2.64. The lowest BCUT2D eigenvalue weighted by molar-refractivity contribution is -0.0587. The molecule has 6 heteroatoms. The molecule has 1 aromatic heterocycles. The number of halogens is 1. The molecule has 2 aromatic rings. The standard InChI is InChI=1S/C14H16BrN3O2/c1-8-6-18(7-9(2)20-8)14(19)13-11-5-10(15)3-4-12(11)16-17-13/h3-5,8-9H,6-7H2,1-2H3,(H,16,17). The monoisotopic (exact) mass is 337 g/mol. The van der Waals surface area contributed by atoms with Crippen LogP contribution in [-0.4, -0.2) is 46.3 Å². The van der Waals surface area contributed by atoms with Crippen molar-refractivity contribution in [1.82, 2.24) is 15.1 Å². The van der Waals surface area contributed by atoms with Gasteiger partial charge in [-0.3, -0.25) is 9.89 Å². The molecule has 1 aliphatic heterocycles. The Morgan fingerprint density at radius 2 is 2.10 bits per heavy atom. The van der Waals surface area contributed by atoms with Crippen LogP contribution in [-0.2, 0) is 4.74 Å². The molecule has 1 saturated heterocycles. The number of aromatic amines is 1. The number of benzene rings is 1. The molecule has 0 aliphatic carbocycles. The topological polar surface area (TPSA) is 58.2 Å². The highest BCUT2D eigenvalue weighted by atomic mass is 79.9. The van der Waals surface area contributed by atoms with Crippen LogP contribution in [0.1, 0.15) is 24.3 Å². The molecule has 3 rings (SSSR count). The van der Waals surface area contributed by atoms with Crippen LogP contribution < -0.4 is 0 Å². The number of fused-ring (bicyclic) bond motifs is 1. The average Bonchev–Trinajstić information content (AvgIpc) is 2.79. The first-order valence-electron chi connectivity index (χ1n) is 6.63. The highest BCUT2D eigenvalue weighted by Gasteiger charge is 2.28. The lowest BCUT2D eigenvalue weighted by Gasteiger charge is -2.34. The molecule has 2 unspecified atom stereocenters. The van der Waals surface area contributed by atoms with Crippen LogP contribution in [0.15, 0.2) is 22.7 Å². The zero-order chi connectivity index (χ0) is 14.3. The van der Waals surface area contributed by atoms with Crippen LogP contribution in [0, 0.1) is 0 Å². The second-order valence-corrected chi connectivity index (χ2v) is 6.15. The van der Waals surface area contributed by atoms with Crippen molar-refractivity contribution in [1.29, 1.82) is 0 Å². The zero-order valence-corrected chi connectivity index (χ0v) is 13.0. The number of hydrogen-bond acceptors (Lipinski definition) is 3. The van der Waals surface area contributed by atoms with E-state index in [-0.39, 0.29) is 18.1 Å². The Morgan fingerprint density at radius 1 is 1.40 bits per heavy atom. The maximum absolute atomic E-state index is 12.6. The number of amides is 1. The third-order valence-corrected chi connectivity index (χ3v) is 3.93. The van der Waals surface area contributed by atoms with E-state index in [0.29, 0.717) is 18.8 Å². The van der Waals surface area contributed by atoms with Crippen LogP contribution in [0.3, 0.4) is 0 Å². The first-order valence-corrected chi connectivity index (χ1v) is 7.42. The van der Waals surface area contributed by atoms with Gasteiger partial charge in [0.1, 0.15) is 0 Å². The third kappa shape index (κ3) is 2.45. The Bertz CT molecular complexity index is 645. The zero-order valence-electron chi connectivity index (χ0n) is 11.4. The first kappa shape index (κ1) is 13.6. The van der Waals surface area contributed by atoms with E-state index in [0.717, 1.165) is 15.4 Å². The van der Waals surface area contributed by atoms with Crippen molar-refractivity contribution in [2.45, 2.75) is 26.1 Å². The highest BCUT2D eigenvalue weighted by Crippen LogP contribution is 2.23. The maximum Gasteiger partial charge on any atom is 0.275 e. The third-order valence-electron chi connectivity index (χ3n) is 3.43. The summed E-state index contributed by atoms with van der Waals surface area (Å²) in [7, 11) is 0. The van der Waals surface area contributed by atoms with Gasteiger partial charge in [-0.05, 0) is 32.0 Å². The van der Waals surface area contributed by atoms with E-state index in [1.165, 1.54) is 0 Å². The number of carbonyl (C=O) groups is 1. The van der Waals surface area contributed by atoms with E-state index in [9.17, 15) is 4.79 Å². The van der Waals surface area contributed by atoms with E-state index in [1.54, 1.807) is 0 Å². The lowest BCUT2D eigenvalue weighted by Crippen LogP contribution is -2.48. The molecule has 1 aromatic carbocycles. The van der Waals surface area contributed by atoms with Gasteiger partial charge in [0, 0.05) is 22.9 Å². The van der Waals surface area contributed by atoms with E-state index in [4.69, 9.17) is 4.74 Å². The van der Waals surface area contributed by atoms with Crippen molar-refractivity contribution in [2.24, 2.45) is 0 Å². The molecule has 0 bridgehead atoms. The van der Waals surface area contributed by atoms with Gasteiger partial charge in [-0.15, -0.1) is 0 Å². The number of hydrogen-bond donors (Lipinski definition) is 1. The number of aromatic nitrogens is 2. The Kier molecular flexibility index (Phi) is 3.52. The van der Waals surface area contributed by atoms with Gasteiger partial charge in [-0.25, -0.2) is 0 Å². The molecule has 2 heterocycles. The van der Waals surface area contributed by atoms with Gasteiger partial charge >= 0.3 is 0 Å². The molecular formula is C14H16BrN3O2. The molecule has 1 aliphatic rings. The number of H-pyrrole nitrogens is 1. The van der Waals surface area contributed by atoms with E-state index >= 15 is 0 Å². The molecule has 5 nitrogen and oxygen atoms in total. The van der Waals surface area contributed by atoms with Crippen molar-refractivity contribution < 1.29 is 9.53 Å². The second kappa shape index (κ2) is 5.18. The summed E-state index contributed by atoms with van der Waals surface area (Å²) in [5, 5.41) is 7.94. The Morgan fingerprint density at radius 3 is 2.80 bits per heavy atom. The molecule has 0 radical (unpaired) electrons. The van der Waals surface area contributed by atoms with Crippen molar-refractivity contribution in [3.05, 3.63) is 28.4 Å². The minimum absolute atomic E-state index is 0.0450. The van der Waals surface area contributed by atoms with E-state index < -0.39 is 0 Å². The molecular weight excluding hydrogens is 322 g/mol. The average molecular weight is 338 g/mol. The SMILES string of the molecule is CC1CN(C(=O)c2n[nH]c3ccc(Br)cc23)CC(C)O1. The largest absolute Gasteiger partial charge is 0.372 e. The number of nitrogens with one attached hydrogen (secondary N) is 1. The fraction of sp³-hybridized carbons (Fsp3) is 0.429. The smallest absolute Gasteiger partial charge is 0.275 e. The molecule has 106 valence electrons. The summed E-state index contributed by atoms with van der Waals surface area (Å²) < 4.78 is 6.60. The minimum Gasteiger partial charge on any atom is -0.372 e. The van der Waals surface area contributed by atoms with Crippen LogP contribution in [0.25, 0.3) is 10.9 Å². The molecule has 0 saturated carbocycles. The van der Waals surface area contributed by atoms with Gasteiger partial charge < -0.3 is 9.64 Å². The Labute approximate surface area is 125 Å². The van der Waals surface area contributed by atoms with Gasteiger partial charge in [-0.1, -0.05) is 15.9 Å². The molecule has 20 heavy (non-hydrogen) atoms. The predicted molar refractivity (Wildman–Crippen MR) is 79.7 cm³/mol. The van der Waals surface area contributed by atoms with Crippen molar-refractivity contribution in [3.63, 3.8) is 0 Å². The van der Waals surface area contributed by atoms with Gasteiger partial charge in [0.05, 0.1) is 17.7 Å². The van der Waals surface area contributed by atoms with Gasteiger partial charge in [-0.2, -0.15) is 5.10 Å². The Balaban J connectivity index is 1.94. The second-order valence-electron chi connectivity index (χ2n) is 5.23. The number of morpholine rings is 1. The molecule has 1 fully saturated rings. The summed E-state index contributed by atoms with van der Waals surface area (Å²) in [5.41, 5.74) is 1.34. The summed E-state index contributed by atoms with van der Waals surface area (Å²) in [4.78, 5) is 14.5. The first-order chi connectivity index (χ1) is 9.54. The Hall–Kier alpha value is -1.40. The van der Waals surface area contributed by atoms with Gasteiger partial charge in [0.25, 0.3) is 5.91 Å². The van der Waals surface area contributed by atoms with Crippen LogP contribution >= 0.6 is 15.9 Å². The van der Waals surface area contributed by atoms with Crippen molar-refractivity contribution >= 4 is 32.7 Å². The van der Waals surface area contributed by atoms with Crippen molar-refractivity contribution in [3.8, 4) is 0 Å². The summed E-state index contributed by atoms with van der Waals surface area (Å²) in [6, 6.07) is 5.75. The van der Waals surface area contributed by atoms with Crippen molar-refractivity contribution in [2.75, 3.05) is 13.1 Å². The quantitative estimate of drug-likeness (QED) is 0.869. The summed E-state index contributed by atoms with van der Waals surface area (Å²) in [5.74, 6) is -0.0450. The van der Waals surface area contributed by atoms with E-state index in [2.05, 4.69) is 26.1 Å². The normalized spacial score (nSPS) is 23.2. The van der Waals surface area contributed by atoms with E-state index in [1.807, 2.05) is 36.9 Å².